The van der Waals surface area contributed by atoms with Gasteiger partial charge in [0.2, 0.25) is 11.9 Å². The van der Waals surface area contributed by atoms with E-state index in [-0.39, 0.29) is 38.8 Å². The van der Waals surface area contributed by atoms with Crippen molar-refractivity contribution in [3.8, 4) is 0 Å². The Morgan fingerprint density at radius 3 is 1.41 bits per heavy atom. The molecule has 0 fully saturated rings. The molecule has 0 heterocycles. The molecule has 0 saturated carbocycles. The van der Waals surface area contributed by atoms with E-state index in [1.54, 1.807) is 24.3 Å². The summed E-state index contributed by atoms with van der Waals surface area (Å²) in [6.45, 7) is 16.2. The van der Waals surface area contributed by atoms with Crippen LogP contribution >= 0.6 is 0 Å². The van der Waals surface area contributed by atoms with E-state index in [0.717, 1.165) is 0 Å². The SMILES string of the molecule is C=CCOCN(COCC=C)C(=N)N=C(N)N(COCC=C)COCC=C. The summed E-state index contributed by atoms with van der Waals surface area (Å²) in [4.78, 5) is 7.10. The maximum absolute atomic E-state index is 8.17. The smallest absolute Gasteiger partial charge is 0.224 e. The van der Waals surface area contributed by atoms with Crippen molar-refractivity contribution in [2.75, 3.05) is 53.4 Å². The van der Waals surface area contributed by atoms with Crippen molar-refractivity contribution in [3.05, 3.63) is 50.6 Å². The van der Waals surface area contributed by atoms with Gasteiger partial charge in [-0.2, -0.15) is 4.99 Å². The monoisotopic (exact) mass is 381 g/mol. The van der Waals surface area contributed by atoms with Gasteiger partial charge in [0.05, 0.1) is 26.4 Å². The van der Waals surface area contributed by atoms with Crippen LogP contribution in [0.3, 0.4) is 0 Å². The molecule has 0 aliphatic heterocycles. The molecule has 0 aliphatic carbocycles. The second kappa shape index (κ2) is 17.0. The minimum Gasteiger partial charge on any atom is -0.369 e. The van der Waals surface area contributed by atoms with Crippen LogP contribution in [0.4, 0.5) is 0 Å². The summed E-state index contributed by atoms with van der Waals surface area (Å²) in [6, 6.07) is 0. The number of guanidine groups is 2. The fraction of sp³-hybridized carbons (Fsp3) is 0.444. The van der Waals surface area contributed by atoms with Crippen LogP contribution in [-0.2, 0) is 18.9 Å². The Bertz CT molecular complexity index is 468. The highest BCUT2D eigenvalue weighted by Crippen LogP contribution is 1.98. The highest BCUT2D eigenvalue weighted by atomic mass is 16.5. The lowest BCUT2D eigenvalue weighted by Gasteiger charge is -2.25. The molecule has 0 atom stereocenters. The van der Waals surface area contributed by atoms with Crippen LogP contribution in [0, 0.1) is 5.41 Å². The second-order valence-corrected chi connectivity index (χ2v) is 5.03. The Balaban J connectivity index is 4.98. The largest absolute Gasteiger partial charge is 0.369 e. The van der Waals surface area contributed by atoms with Crippen LogP contribution < -0.4 is 5.73 Å². The Morgan fingerprint density at radius 2 is 1.07 bits per heavy atom. The number of rotatable bonds is 16. The maximum atomic E-state index is 8.17. The molecule has 0 amide bonds. The highest BCUT2D eigenvalue weighted by Gasteiger charge is 2.13. The van der Waals surface area contributed by atoms with Gasteiger partial charge >= 0.3 is 0 Å². The van der Waals surface area contributed by atoms with Gasteiger partial charge in [-0.3, -0.25) is 15.2 Å². The van der Waals surface area contributed by atoms with E-state index in [1.807, 2.05) is 0 Å². The molecule has 9 nitrogen and oxygen atoms in total. The number of hydrogen-bond donors (Lipinski definition) is 2. The molecule has 0 rings (SSSR count). The zero-order valence-corrected chi connectivity index (χ0v) is 15.8. The van der Waals surface area contributed by atoms with Crippen molar-refractivity contribution in [1.29, 1.82) is 5.41 Å². The van der Waals surface area contributed by atoms with Crippen molar-refractivity contribution in [1.82, 2.24) is 9.80 Å². The van der Waals surface area contributed by atoms with Crippen LogP contribution in [0.5, 0.6) is 0 Å². The minimum atomic E-state index is -0.127. The summed E-state index contributed by atoms with van der Waals surface area (Å²) in [6.07, 6.45) is 6.46. The summed E-state index contributed by atoms with van der Waals surface area (Å²) < 4.78 is 21.5. The number of nitrogens with one attached hydrogen (secondary N) is 1. The first-order valence-electron chi connectivity index (χ1n) is 8.27. The molecular weight excluding hydrogens is 350 g/mol. The molecule has 27 heavy (non-hydrogen) atoms. The van der Waals surface area contributed by atoms with Crippen molar-refractivity contribution in [2.24, 2.45) is 10.7 Å². The number of hydrogen-bond acceptors (Lipinski definition) is 5. The van der Waals surface area contributed by atoms with E-state index in [0.29, 0.717) is 26.4 Å². The van der Waals surface area contributed by atoms with Crippen LogP contribution in [0.1, 0.15) is 0 Å². The number of ether oxygens (including phenoxy) is 4. The molecule has 3 N–H and O–H groups in total. The number of nitrogens with two attached hydrogens (primary N) is 1. The predicted octanol–water partition coefficient (Wildman–Crippen LogP) is 1.48. The topological polar surface area (TPSA) is 106 Å². The third-order valence-corrected chi connectivity index (χ3v) is 2.78. The van der Waals surface area contributed by atoms with Crippen molar-refractivity contribution in [3.63, 3.8) is 0 Å². The molecule has 152 valence electrons. The lowest BCUT2D eigenvalue weighted by atomic mass is 10.6. The van der Waals surface area contributed by atoms with Gasteiger partial charge in [-0.25, -0.2) is 0 Å². The molecule has 0 aliphatic rings. The van der Waals surface area contributed by atoms with Gasteiger partial charge in [0.15, 0.2) is 0 Å². The third kappa shape index (κ3) is 12.5. The first-order chi connectivity index (χ1) is 13.1. The van der Waals surface area contributed by atoms with Crippen LogP contribution in [0.2, 0.25) is 0 Å². The lowest BCUT2D eigenvalue weighted by molar-refractivity contribution is 0.00591. The van der Waals surface area contributed by atoms with E-state index in [9.17, 15) is 0 Å². The number of aliphatic imine (C=N–C) groups is 1. The molecule has 0 spiro atoms. The van der Waals surface area contributed by atoms with E-state index in [2.05, 4.69) is 31.3 Å². The molecule has 0 aromatic carbocycles. The minimum absolute atomic E-state index is 0.0607. The predicted molar refractivity (Wildman–Crippen MR) is 107 cm³/mol. The quantitative estimate of drug-likeness (QED) is 0.137. The van der Waals surface area contributed by atoms with Gasteiger partial charge in [-0.1, -0.05) is 24.3 Å². The second-order valence-electron chi connectivity index (χ2n) is 5.03. The van der Waals surface area contributed by atoms with E-state index in [1.165, 1.54) is 9.80 Å². The molecule has 0 unspecified atom stereocenters. The molecule has 0 aromatic heterocycles. The summed E-state index contributed by atoms with van der Waals surface area (Å²) in [7, 11) is 0. The molecule has 0 saturated heterocycles. The number of nitrogens with zero attached hydrogens (tertiary/aromatic N) is 3. The maximum Gasteiger partial charge on any atom is 0.224 e. The molecule has 0 aromatic rings. The average Bonchev–Trinajstić information content (AvgIpc) is 2.65. The van der Waals surface area contributed by atoms with Crippen molar-refractivity contribution in [2.45, 2.75) is 0 Å². The van der Waals surface area contributed by atoms with Crippen molar-refractivity contribution < 1.29 is 18.9 Å². The average molecular weight is 381 g/mol. The summed E-state index contributed by atoms with van der Waals surface area (Å²) in [5.41, 5.74) is 6.01. The zero-order valence-electron chi connectivity index (χ0n) is 15.8. The summed E-state index contributed by atoms with van der Waals surface area (Å²) in [5, 5.41) is 8.17. The highest BCUT2D eigenvalue weighted by molar-refractivity contribution is 5.92. The Kier molecular flexibility index (Phi) is 15.4. The molecule has 0 bridgehead atoms. The molecular formula is C18H31N5O4. The van der Waals surface area contributed by atoms with Crippen molar-refractivity contribution >= 4 is 11.9 Å². The first kappa shape index (κ1) is 24.5. The summed E-state index contributed by atoms with van der Waals surface area (Å²) >= 11 is 0. The van der Waals surface area contributed by atoms with Crippen LogP contribution in [-0.4, -0.2) is 75.1 Å². The first-order valence-corrected chi connectivity index (χ1v) is 8.27. The van der Waals surface area contributed by atoms with Gasteiger partial charge in [-0.15, -0.1) is 26.3 Å². The lowest BCUT2D eigenvalue weighted by Crippen LogP contribution is -2.43. The fourth-order valence-corrected chi connectivity index (χ4v) is 1.56. The summed E-state index contributed by atoms with van der Waals surface area (Å²) in [5.74, 6) is -0.0661. The van der Waals surface area contributed by atoms with E-state index < -0.39 is 0 Å². The fourth-order valence-electron chi connectivity index (χ4n) is 1.56. The van der Waals surface area contributed by atoms with Gasteiger partial charge in [0.25, 0.3) is 0 Å². The third-order valence-electron chi connectivity index (χ3n) is 2.78. The van der Waals surface area contributed by atoms with Gasteiger partial charge in [0, 0.05) is 0 Å². The Labute approximate surface area is 161 Å². The molecule has 9 heteroatoms. The normalized spacial score (nSPS) is 10.9. The van der Waals surface area contributed by atoms with Gasteiger partial charge < -0.3 is 24.7 Å². The van der Waals surface area contributed by atoms with E-state index >= 15 is 0 Å². The zero-order chi connectivity index (χ0) is 20.3. The van der Waals surface area contributed by atoms with Crippen LogP contribution in [0.25, 0.3) is 0 Å². The standard InChI is InChI=1S/C18H31N5O4/c1-5-9-24-13-22(14-25-10-6-2)17(19)21-18(20)23(15-26-11-7-3)16-27-12-8-4/h5-8H,1-4,9-16H2,(H3,19,20,21). The van der Waals surface area contributed by atoms with Gasteiger partial charge in [0.1, 0.15) is 26.9 Å². The van der Waals surface area contributed by atoms with Gasteiger partial charge in [-0.05, 0) is 0 Å². The van der Waals surface area contributed by atoms with E-state index in [4.69, 9.17) is 30.1 Å². The molecule has 0 radical (unpaired) electrons. The van der Waals surface area contributed by atoms with Crippen LogP contribution in [0.15, 0.2) is 55.6 Å². The Hall–Kier alpha value is -2.46. The Morgan fingerprint density at radius 1 is 0.741 bits per heavy atom.